The maximum Gasteiger partial charge on any atom is 0.328 e. The number of methoxy groups -OCH3 is 2. The van der Waals surface area contributed by atoms with E-state index < -0.39 is 12.0 Å². The Morgan fingerprint density at radius 3 is 2.10 bits per heavy atom. The van der Waals surface area contributed by atoms with E-state index >= 15 is 0 Å². The largest absolute Gasteiger partial charge is 0.469 e. The first-order valence-corrected chi connectivity index (χ1v) is 8.00. The lowest BCUT2D eigenvalue weighted by molar-refractivity contribution is -0.145. The summed E-state index contributed by atoms with van der Waals surface area (Å²) in [6, 6.07) is -0.624. The van der Waals surface area contributed by atoms with Crippen molar-refractivity contribution in [3.8, 4) is 0 Å². The third-order valence-electron chi connectivity index (χ3n) is 2.73. The maximum atomic E-state index is 11.8. The van der Waals surface area contributed by atoms with E-state index in [-0.39, 0.29) is 29.5 Å². The highest BCUT2D eigenvalue weighted by Crippen LogP contribution is 2.11. The van der Waals surface area contributed by atoms with E-state index in [1.165, 1.54) is 26.0 Å². The molecule has 0 aliphatic rings. The van der Waals surface area contributed by atoms with Crippen molar-refractivity contribution in [3.63, 3.8) is 0 Å². The normalized spacial score (nSPS) is 13.4. The summed E-state index contributed by atoms with van der Waals surface area (Å²) < 4.78 is 9.29. The van der Waals surface area contributed by atoms with Gasteiger partial charge in [0.15, 0.2) is 0 Å². The van der Waals surface area contributed by atoms with Crippen LogP contribution in [0.3, 0.4) is 0 Å². The molecule has 21 heavy (non-hydrogen) atoms. The first kappa shape index (κ1) is 19.8. The molecular weight excluding hydrogens is 294 g/mol. The third-order valence-corrected chi connectivity index (χ3v) is 3.93. The van der Waals surface area contributed by atoms with Crippen molar-refractivity contribution in [3.05, 3.63) is 0 Å². The number of hydrogen-bond donors (Lipinski definition) is 1. The summed E-state index contributed by atoms with van der Waals surface area (Å²) in [5, 5.41) is 2.67. The lowest BCUT2D eigenvalue weighted by Gasteiger charge is -2.18. The molecule has 0 aromatic heterocycles. The molecule has 0 aliphatic heterocycles. The molecule has 1 amide bonds. The molecule has 0 aliphatic carbocycles. The zero-order valence-electron chi connectivity index (χ0n) is 13.3. The predicted octanol–water partition coefficient (Wildman–Crippen LogP) is 1.23. The van der Waals surface area contributed by atoms with E-state index in [4.69, 9.17) is 0 Å². The first-order valence-electron chi connectivity index (χ1n) is 6.84. The summed E-state index contributed by atoms with van der Waals surface area (Å²) in [5.74, 6) is -0.297. The van der Waals surface area contributed by atoms with Gasteiger partial charge >= 0.3 is 11.9 Å². The van der Waals surface area contributed by atoms with E-state index in [9.17, 15) is 14.4 Å². The highest BCUT2D eigenvalue weighted by atomic mass is 32.2. The van der Waals surface area contributed by atoms with Crippen molar-refractivity contribution < 1.29 is 23.9 Å². The quantitative estimate of drug-likeness (QED) is 0.644. The number of carbonyl (C=O) groups is 3. The highest BCUT2D eigenvalue weighted by Gasteiger charge is 2.22. The zero-order chi connectivity index (χ0) is 16.4. The number of ether oxygens (including phenoxy) is 2. The van der Waals surface area contributed by atoms with Crippen LogP contribution >= 0.6 is 11.8 Å². The van der Waals surface area contributed by atoms with Gasteiger partial charge < -0.3 is 14.8 Å². The molecule has 0 spiro atoms. The van der Waals surface area contributed by atoms with Crippen molar-refractivity contribution in [1.29, 1.82) is 0 Å². The van der Waals surface area contributed by atoms with Crippen molar-refractivity contribution in [2.24, 2.45) is 11.8 Å². The van der Waals surface area contributed by atoms with Crippen molar-refractivity contribution in [2.75, 3.05) is 25.7 Å². The van der Waals surface area contributed by atoms with Gasteiger partial charge in [0.25, 0.3) is 0 Å². The lowest BCUT2D eigenvalue weighted by atomic mass is 10.0. The summed E-state index contributed by atoms with van der Waals surface area (Å²) in [7, 11) is 2.64. The molecule has 0 aromatic rings. The van der Waals surface area contributed by atoms with Gasteiger partial charge in [-0.2, -0.15) is 11.8 Å². The van der Waals surface area contributed by atoms with Crippen LogP contribution in [0.5, 0.6) is 0 Å². The molecule has 1 N–H and O–H groups in total. The fourth-order valence-electron chi connectivity index (χ4n) is 1.66. The third kappa shape index (κ3) is 8.60. The molecule has 7 heteroatoms. The molecule has 0 bridgehead atoms. The van der Waals surface area contributed by atoms with Crippen molar-refractivity contribution in [2.45, 2.75) is 33.2 Å². The lowest BCUT2D eigenvalue weighted by Crippen LogP contribution is -2.43. The molecule has 0 saturated carbocycles. The molecular formula is C14H25NO5S. The molecule has 2 unspecified atom stereocenters. The Morgan fingerprint density at radius 2 is 1.62 bits per heavy atom. The summed E-state index contributed by atoms with van der Waals surface area (Å²) in [5.41, 5.74) is 0. The Balaban J connectivity index is 4.20. The van der Waals surface area contributed by atoms with Crippen LogP contribution < -0.4 is 5.32 Å². The minimum atomic E-state index is -0.624. The number of amides is 1. The smallest absolute Gasteiger partial charge is 0.328 e. The SMILES string of the molecule is COC(=O)C(C)CSCC(=O)NC(CC(C)C)C(=O)OC. The van der Waals surface area contributed by atoms with Gasteiger partial charge in [-0.3, -0.25) is 9.59 Å². The van der Waals surface area contributed by atoms with Crippen LogP contribution in [-0.2, 0) is 23.9 Å². The zero-order valence-corrected chi connectivity index (χ0v) is 14.1. The van der Waals surface area contributed by atoms with Crippen molar-refractivity contribution in [1.82, 2.24) is 5.32 Å². The summed E-state index contributed by atoms with van der Waals surface area (Å²) in [4.78, 5) is 34.6. The molecule has 0 heterocycles. The number of esters is 2. The van der Waals surface area contributed by atoms with Crippen molar-refractivity contribution >= 4 is 29.6 Å². The number of carbonyl (C=O) groups excluding carboxylic acids is 3. The second-order valence-electron chi connectivity index (χ2n) is 5.21. The number of thioether (sulfide) groups is 1. The van der Waals surface area contributed by atoms with Gasteiger partial charge in [0, 0.05) is 5.75 Å². The molecule has 0 aromatic carbocycles. The average Bonchev–Trinajstić information content (AvgIpc) is 2.44. The highest BCUT2D eigenvalue weighted by molar-refractivity contribution is 7.99. The summed E-state index contributed by atoms with van der Waals surface area (Å²) in [6.45, 7) is 5.68. The Bertz CT molecular complexity index is 359. The van der Waals surface area contributed by atoms with E-state index in [1.807, 2.05) is 13.8 Å². The number of hydrogen-bond acceptors (Lipinski definition) is 6. The Hall–Kier alpha value is -1.24. The Morgan fingerprint density at radius 1 is 1.05 bits per heavy atom. The average molecular weight is 319 g/mol. The van der Waals surface area contributed by atoms with Gasteiger partial charge in [-0.1, -0.05) is 20.8 Å². The Labute approximate surface area is 130 Å². The van der Waals surface area contributed by atoms with E-state index in [0.29, 0.717) is 12.2 Å². The molecule has 0 radical (unpaired) electrons. The van der Waals surface area contributed by atoms with Crippen LogP contribution in [0.25, 0.3) is 0 Å². The molecule has 0 saturated heterocycles. The van der Waals surface area contributed by atoms with Gasteiger partial charge in [-0.25, -0.2) is 4.79 Å². The van der Waals surface area contributed by atoms with Gasteiger partial charge in [0.2, 0.25) is 5.91 Å². The van der Waals surface area contributed by atoms with E-state index in [1.54, 1.807) is 6.92 Å². The van der Waals surface area contributed by atoms with E-state index in [0.717, 1.165) is 0 Å². The first-order chi connectivity index (χ1) is 9.81. The Kier molecular flexibility index (Phi) is 9.86. The fourth-order valence-corrected chi connectivity index (χ4v) is 2.54. The number of rotatable bonds is 9. The van der Waals surface area contributed by atoms with Gasteiger partial charge in [-0.15, -0.1) is 0 Å². The van der Waals surface area contributed by atoms with Crippen LogP contribution in [0.2, 0.25) is 0 Å². The van der Waals surface area contributed by atoms with E-state index in [2.05, 4.69) is 14.8 Å². The second kappa shape index (κ2) is 10.5. The molecule has 0 fully saturated rings. The molecule has 6 nitrogen and oxygen atoms in total. The number of nitrogens with one attached hydrogen (secondary N) is 1. The van der Waals surface area contributed by atoms with Crippen LogP contribution in [0.15, 0.2) is 0 Å². The van der Waals surface area contributed by atoms with Crippen LogP contribution in [0, 0.1) is 11.8 Å². The monoisotopic (exact) mass is 319 g/mol. The van der Waals surface area contributed by atoms with Crippen LogP contribution in [0.1, 0.15) is 27.2 Å². The summed E-state index contributed by atoms with van der Waals surface area (Å²) in [6.07, 6.45) is 0.529. The van der Waals surface area contributed by atoms with Crippen LogP contribution in [0.4, 0.5) is 0 Å². The minimum Gasteiger partial charge on any atom is -0.469 e. The standard InChI is InChI=1S/C14H25NO5S/c1-9(2)6-11(14(18)20-5)15-12(16)8-21-7-10(3)13(17)19-4/h9-11H,6-8H2,1-5H3,(H,15,16). The summed E-state index contributed by atoms with van der Waals surface area (Å²) >= 11 is 1.33. The second-order valence-corrected chi connectivity index (χ2v) is 6.24. The molecule has 0 rings (SSSR count). The maximum absolute atomic E-state index is 11.8. The molecule has 122 valence electrons. The van der Waals surface area contributed by atoms with Gasteiger partial charge in [0.05, 0.1) is 25.9 Å². The molecule has 2 atom stereocenters. The minimum absolute atomic E-state index is 0.187. The van der Waals surface area contributed by atoms with Gasteiger partial charge in [0.1, 0.15) is 6.04 Å². The fraction of sp³-hybridized carbons (Fsp3) is 0.786. The predicted molar refractivity (Wildman–Crippen MR) is 81.9 cm³/mol. The van der Waals surface area contributed by atoms with Crippen LogP contribution in [-0.4, -0.2) is 49.6 Å². The van der Waals surface area contributed by atoms with Gasteiger partial charge in [-0.05, 0) is 12.3 Å². The topological polar surface area (TPSA) is 81.7 Å².